The van der Waals surface area contributed by atoms with Crippen molar-refractivity contribution in [2.45, 2.75) is 38.2 Å². The minimum absolute atomic E-state index is 0.0546. The first-order chi connectivity index (χ1) is 18.9. The maximum Gasteiger partial charge on any atom is 0.174 e. The Balaban J connectivity index is 1.50. The summed E-state index contributed by atoms with van der Waals surface area (Å²) >= 11 is 2.23. The molecule has 0 saturated heterocycles. The normalized spacial score (nSPS) is 20.5. The van der Waals surface area contributed by atoms with Crippen LogP contribution in [0.25, 0.3) is 0 Å². The summed E-state index contributed by atoms with van der Waals surface area (Å²) < 4.78 is 18.1. The van der Waals surface area contributed by atoms with Crippen LogP contribution < -0.4 is 14.2 Å². The van der Waals surface area contributed by atoms with E-state index < -0.39 is 11.8 Å². The molecule has 7 heteroatoms. The van der Waals surface area contributed by atoms with Gasteiger partial charge in [0.15, 0.2) is 17.3 Å². The molecule has 198 valence electrons. The van der Waals surface area contributed by atoms with Crippen molar-refractivity contribution in [3.05, 3.63) is 98.3 Å². The van der Waals surface area contributed by atoms with Gasteiger partial charge in [0, 0.05) is 29.3 Å². The third kappa shape index (κ3) is 5.44. The molecular formula is C32H29IN2O4. The first-order valence-corrected chi connectivity index (χ1v) is 13.9. The number of nitriles is 1. The van der Waals surface area contributed by atoms with Crippen LogP contribution in [0.1, 0.15) is 48.3 Å². The largest absolute Gasteiger partial charge is 0.497 e. The molecular weight excluding hydrogens is 603 g/mol. The van der Waals surface area contributed by atoms with Gasteiger partial charge < -0.3 is 14.2 Å². The van der Waals surface area contributed by atoms with Gasteiger partial charge in [0.25, 0.3) is 0 Å². The summed E-state index contributed by atoms with van der Waals surface area (Å²) in [5.74, 6) is 1.12. The molecule has 6 nitrogen and oxygen atoms in total. The molecule has 0 spiro atoms. The number of aliphatic imine (C=N–C) groups is 1. The Hall–Kier alpha value is -3.64. The summed E-state index contributed by atoms with van der Waals surface area (Å²) in [4.78, 5) is 18.5. The monoisotopic (exact) mass is 632 g/mol. The SMILES string of the molecule is COc1cccc(COc2c(I)cc(C3C4=C(CC(c5ccccc5)CC4=O)N=C(C)C3C#N)cc2OC)c1. The van der Waals surface area contributed by atoms with Crippen LogP contribution >= 0.6 is 22.6 Å². The standard InChI is InChI=1S/C32H29IN2O4/c1-19-25(17-34)30(31-27(35-19)14-22(15-28(31)36)21-9-5-4-6-10-21)23-13-26(33)32(29(16-23)38-3)39-18-20-8-7-11-24(12-20)37-2/h4-13,16,22,25,30H,14-15,18H2,1-3H3. The molecule has 3 aromatic rings. The Morgan fingerprint density at radius 3 is 2.51 bits per heavy atom. The van der Waals surface area contributed by atoms with E-state index in [1.165, 1.54) is 0 Å². The maximum atomic E-state index is 13.7. The zero-order valence-corrected chi connectivity index (χ0v) is 24.3. The van der Waals surface area contributed by atoms with Gasteiger partial charge in [-0.15, -0.1) is 0 Å². The highest BCUT2D eigenvalue weighted by molar-refractivity contribution is 14.1. The molecule has 0 bridgehead atoms. The number of carbonyl (C=O) groups is 1. The summed E-state index contributed by atoms with van der Waals surface area (Å²) in [5.41, 5.74) is 5.14. The molecule has 1 aliphatic heterocycles. The van der Waals surface area contributed by atoms with Gasteiger partial charge in [0.1, 0.15) is 12.4 Å². The van der Waals surface area contributed by atoms with E-state index in [1.54, 1.807) is 14.2 Å². The van der Waals surface area contributed by atoms with E-state index in [-0.39, 0.29) is 11.7 Å². The summed E-state index contributed by atoms with van der Waals surface area (Å²) in [7, 11) is 3.24. The van der Waals surface area contributed by atoms with Gasteiger partial charge in [0.05, 0.1) is 29.8 Å². The molecule has 0 amide bonds. The number of hydrogen-bond acceptors (Lipinski definition) is 6. The van der Waals surface area contributed by atoms with E-state index in [4.69, 9.17) is 19.2 Å². The van der Waals surface area contributed by atoms with Crippen LogP contribution in [0.3, 0.4) is 0 Å². The van der Waals surface area contributed by atoms with Gasteiger partial charge in [-0.05, 0) is 82.8 Å². The number of Topliss-reactive ketones (excluding diaryl/α,β-unsaturated/α-hetero) is 1. The number of hydrogen-bond donors (Lipinski definition) is 0. The van der Waals surface area contributed by atoms with Crippen LogP contribution in [0.2, 0.25) is 0 Å². The fraction of sp³-hybridized carbons (Fsp3) is 0.281. The Morgan fingerprint density at radius 1 is 1.00 bits per heavy atom. The van der Waals surface area contributed by atoms with Crippen LogP contribution in [0.15, 0.2) is 83.0 Å². The molecule has 0 N–H and O–H groups in total. The van der Waals surface area contributed by atoms with Crippen LogP contribution in [0.5, 0.6) is 17.2 Å². The number of carbonyl (C=O) groups excluding carboxylic acids is 1. The first-order valence-electron chi connectivity index (χ1n) is 12.8. The van der Waals surface area contributed by atoms with Crippen molar-refractivity contribution in [2.24, 2.45) is 10.9 Å². The predicted octanol–water partition coefficient (Wildman–Crippen LogP) is 6.99. The van der Waals surface area contributed by atoms with Gasteiger partial charge in [-0.25, -0.2) is 0 Å². The van der Waals surface area contributed by atoms with Crippen molar-refractivity contribution < 1.29 is 19.0 Å². The molecule has 0 radical (unpaired) electrons. The zero-order chi connectivity index (χ0) is 27.5. The minimum Gasteiger partial charge on any atom is -0.497 e. The Morgan fingerprint density at radius 2 is 1.79 bits per heavy atom. The van der Waals surface area contributed by atoms with E-state index in [9.17, 15) is 10.1 Å². The fourth-order valence-corrected chi connectivity index (χ4v) is 6.31. The molecule has 5 rings (SSSR count). The third-order valence-corrected chi connectivity index (χ3v) is 8.23. The highest BCUT2D eigenvalue weighted by atomic mass is 127. The lowest BCUT2D eigenvalue weighted by atomic mass is 9.69. The molecule has 3 unspecified atom stereocenters. The second-order valence-electron chi connectivity index (χ2n) is 9.81. The van der Waals surface area contributed by atoms with Gasteiger partial charge in [-0.3, -0.25) is 9.79 Å². The lowest BCUT2D eigenvalue weighted by Gasteiger charge is -2.35. The average molecular weight is 632 g/mol. The maximum absolute atomic E-state index is 13.7. The van der Waals surface area contributed by atoms with Gasteiger partial charge >= 0.3 is 0 Å². The Kier molecular flexibility index (Phi) is 8.03. The van der Waals surface area contributed by atoms with Gasteiger partial charge in [-0.1, -0.05) is 42.5 Å². The molecule has 2 aliphatic rings. The number of halogens is 1. The molecule has 1 heterocycles. The van der Waals surface area contributed by atoms with E-state index in [0.717, 1.165) is 37.4 Å². The van der Waals surface area contributed by atoms with E-state index in [0.29, 0.717) is 36.5 Å². The molecule has 3 atom stereocenters. The number of allylic oxidation sites excluding steroid dienone is 2. The van der Waals surface area contributed by atoms with Crippen molar-refractivity contribution in [1.29, 1.82) is 5.26 Å². The van der Waals surface area contributed by atoms with E-state index in [1.807, 2.05) is 61.5 Å². The highest BCUT2D eigenvalue weighted by Crippen LogP contribution is 2.48. The topological polar surface area (TPSA) is 80.9 Å². The summed E-state index contributed by atoms with van der Waals surface area (Å²) in [6, 6.07) is 24.2. The second kappa shape index (κ2) is 11.6. The Bertz CT molecular complexity index is 1510. The smallest absolute Gasteiger partial charge is 0.174 e. The molecule has 0 saturated carbocycles. The zero-order valence-electron chi connectivity index (χ0n) is 22.1. The lowest BCUT2D eigenvalue weighted by molar-refractivity contribution is -0.116. The van der Waals surface area contributed by atoms with Gasteiger partial charge in [-0.2, -0.15) is 5.26 Å². The number of rotatable bonds is 7. The average Bonchev–Trinajstić information content (AvgIpc) is 2.95. The van der Waals surface area contributed by atoms with Crippen LogP contribution in [-0.4, -0.2) is 25.7 Å². The van der Waals surface area contributed by atoms with Gasteiger partial charge in [0.2, 0.25) is 0 Å². The van der Waals surface area contributed by atoms with Crippen molar-refractivity contribution >= 4 is 34.1 Å². The number of methoxy groups -OCH3 is 2. The quantitative estimate of drug-likeness (QED) is 0.263. The van der Waals surface area contributed by atoms with Crippen molar-refractivity contribution in [1.82, 2.24) is 0 Å². The molecule has 0 fully saturated rings. The first kappa shape index (κ1) is 26.9. The molecule has 1 aliphatic carbocycles. The third-order valence-electron chi connectivity index (χ3n) is 7.43. The number of benzene rings is 3. The van der Waals surface area contributed by atoms with E-state index in [2.05, 4.69) is 40.8 Å². The van der Waals surface area contributed by atoms with Crippen molar-refractivity contribution in [3.8, 4) is 23.3 Å². The van der Waals surface area contributed by atoms with Crippen LogP contribution in [0, 0.1) is 20.8 Å². The van der Waals surface area contributed by atoms with Crippen molar-refractivity contribution in [3.63, 3.8) is 0 Å². The van der Waals surface area contributed by atoms with Crippen LogP contribution in [-0.2, 0) is 11.4 Å². The predicted molar refractivity (Wildman–Crippen MR) is 158 cm³/mol. The summed E-state index contributed by atoms with van der Waals surface area (Å²) in [6.07, 6.45) is 1.08. The number of ether oxygens (including phenoxy) is 3. The van der Waals surface area contributed by atoms with Crippen LogP contribution in [0.4, 0.5) is 0 Å². The number of ketones is 1. The van der Waals surface area contributed by atoms with E-state index >= 15 is 0 Å². The summed E-state index contributed by atoms with van der Waals surface area (Å²) in [5, 5.41) is 10.2. The molecule has 0 aromatic heterocycles. The minimum atomic E-state index is -0.537. The second-order valence-corrected chi connectivity index (χ2v) is 11.0. The fourth-order valence-electron chi connectivity index (χ4n) is 5.52. The molecule has 3 aromatic carbocycles. The van der Waals surface area contributed by atoms with Crippen molar-refractivity contribution in [2.75, 3.05) is 14.2 Å². The summed E-state index contributed by atoms with van der Waals surface area (Å²) in [6.45, 7) is 2.22. The highest BCUT2D eigenvalue weighted by Gasteiger charge is 2.41. The number of nitrogens with zero attached hydrogens (tertiary/aromatic N) is 2. The molecule has 39 heavy (non-hydrogen) atoms. The lowest BCUT2D eigenvalue weighted by Crippen LogP contribution is -2.32. The Labute approximate surface area is 242 Å².